The molecule has 7 nitrogen and oxygen atoms in total. The summed E-state index contributed by atoms with van der Waals surface area (Å²) in [6, 6.07) is 14.3. The van der Waals surface area contributed by atoms with E-state index in [9.17, 15) is 14.0 Å². The van der Waals surface area contributed by atoms with E-state index in [2.05, 4.69) is 37.6 Å². The molecule has 0 fully saturated rings. The SMILES string of the molecule is CN1C(=O)CCOc2ccc(C#CC(C)(C)C)cc21.NC(=O)c1cc(Oc2ccc(F)cc2)ccn1. The topological polar surface area (TPSA) is 94.8 Å². The molecule has 0 radical (unpaired) electrons. The van der Waals surface area contributed by atoms with E-state index in [1.165, 1.54) is 36.5 Å². The largest absolute Gasteiger partial charge is 0.491 e. The predicted molar refractivity (Wildman–Crippen MR) is 136 cm³/mol. The number of fused-ring (bicyclic) bond motifs is 1. The molecule has 186 valence electrons. The molecule has 8 heteroatoms. The Morgan fingerprint density at radius 3 is 2.50 bits per heavy atom. The van der Waals surface area contributed by atoms with Crippen LogP contribution in [0.1, 0.15) is 43.2 Å². The fraction of sp³-hybridized carbons (Fsp3) is 0.250. The second-order valence-corrected chi connectivity index (χ2v) is 9.03. The molecule has 1 aliphatic rings. The molecule has 0 saturated carbocycles. The Balaban J connectivity index is 0.000000202. The number of carbonyl (C=O) groups is 2. The van der Waals surface area contributed by atoms with Gasteiger partial charge in [-0.05, 0) is 69.3 Å². The Morgan fingerprint density at radius 1 is 1.11 bits per heavy atom. The lowest BCUT2D eigenvalue weighted by Crippen LogP contribution is -2.25. The minimum Gasteiger partial charge on any atom is -0.491 e. The third-order valence-corrected chi connectivity index (χ3v) is 4.88. The zero-order valence-corrected chi connectivity index (χ0v) is 20.7. The summed E-state index contributed by atoms with van der Waals surface area (Å²) < 4.78 is 23.7. The van der Waals surface area contributed by atoms with Gasteiger partial charge < -0.3 is 20.1 Å². The first-order valence-electron chi connectivity index (χ1n) is 11.3. The highest BCUT2D eigenvalue weighted by atomic mass is 19.1. The second-order valence-electron chi connectivity index (χ2n) is 9.03. The number of anilines is 1. The molecule has 3 aromatic rings. The Kier molecular flexibility index (Phi) is 8.28. The third-order valence-electron chi connectivity index (χ3n) is 4.88. The van der Waals surface area contributed by atoms with Gasteiger partial charge >= 0.3 is 0 Å². The normalized spacial score (nSPS) is 12.6. The molecular weight excluding hydrogens is 461 g/mol. The number of pyridine rings is 1. The van der Waals surface area contributed by atoms with E-state index in [0.29, 0.717) is 24.5 Å². The average molecular weight is 490 g/mol. The zero-order chi connectivity index (χ0) is 26.3. The maximum absolute atomic E-state index is 12.7. The van der Waals surface area contributed by atoms with Crippen LogP contribution >= 0.6 is 0 Å². The van der Waals surface area contributed by atoms with Gasteiger partial charge in [0.25, 0.3) is 5.91 Å². The van der Waals surface area contributed by atoms with Crippen LogP contribution in [0, 0.1) is 23.1 Å². The smallest absolute Gasteiger partial charge is 0.267 e. The number of rotatable bonds is 3. The van der Waals surface area contributed by atoms with Crippen LogP contribution in [0.5, 0.6) is 17.2 Å². The van der Waals surface area contributed by atoms with Crippen molar-refractivity contribution in [3.05, 3.63) is 77.9 Å². The number of carbonyl (C=O) groups excluding carboxylic acids is 2. The van der Waals surface area contributed by atoms with Crippen molar-refractivity contribution in [2.24, 2.45) is 11.1 Å². The molecule has 1 aliphatic heterocycles. The molecule has 0 atom stereocenters. The molecule has 0 bridgehead atoms. The van der Waals surface area contributed by atoms with E-state index in [0.717, 1.165) is 17.0 Å². The van der Waals surface area contributed by atoms with Gasteiger partial charge in [-0.2, -0.15) is 0 Å². The van der Waals surface area contributed by atoms with Crippen LogP contribution in [0.15, 0.2) is 60.8 Å². The lowest BCUT2D eigenvalue weighted by atomic mass is 9.97. The molecule has 4 rings (SSSR count). The highest BCUT2D eigenvalue weighted by Crippen LogP contribution is 2.31. The van der Waals surface area contributed by atoms with Gasteiger partial charge in [-0.3, -0.25) is 14.6 Å². The Hall–Kier alpha value is -4.38. The van der Waals surface area contributed by atoms with Crippen LogP contribution in [-0.2, 0) is 4.79 Å². The quantitative estimate of drug-likeness (QED) is 0.526. The summed E-state index contributed by atoms with van der Waals surface area (Å²) >= 11 is 0. The maximum Gasteiger partial charge on any atom is 0.267 e. The van der Waals surface area contributed by atoms with Gasteiger partial charge in [0.05, 0.1) is 18.7 Å². The zero-order valence-electron chi connectivity index (χ0n) is 20.7. The first kappa shape index (κ1) is 26.2. The second kappa shape index (κ2) is 11.4. The van der Waals surface area contributed by atoms with Gasteiger partial charge in [-0.25, -0.2) is 4.39 Å². The highest BCUT2D eigenvalue weighted by molar-refractivity contribution is 5.95. The van der Waals surface area contributed by atoms with Gasteiger partial charge in [0.1, 0.15) is 28.8 Å². The van der Waals surface area contributed by atoms with Crippen molar-refractivity contribution in [3.8, 4) is 29.1 Å². The van der Waals surface area contributed by atoms with Crippen molar-refractivity contribution in [3.63, 3.8) is 0 Å². The lowest BCUT2D eigenvalue weighted by Gasteiger charge is -2.16. The van der Waals surface area contributed by atoms with Crippen molar-refractivity contribution in [1.29, 1.82) is 0 Å². The molecule has 0 aliphatic carbocycles. The number of benzene rings is 2. The molecule has 1 aromatic heterocycles. The van der Waals surface area contributed by atoms with E-state index in [-0.39, 0.29) is 22.8 Å². The Bertz CT molecular complexity index is 1300. The molecule has 2 heterocycles. The van der Waals surface area contributed by atoms with Crippen LogP contribution in [0.3, 0.4) is 0 Å². The first-order chi connectivity index (χ1) is 17.0. The summed E-state index contributed by atoms with van der Waals surface area (Å²) in [6.07, 6.45) is 1.83. The number of hydrogen-bond acceptors (Lipinski definition) is 5. The third kappa shape index (κ3) is 7.57. The van der Waals surface area contributed by atoms with E-state index >= 15 is 0 Å². The van der Waals surface area contributed by atoms with E-state index in [1.807, 2.05) is 18.2 Å². The molecule has 0 spiro atoms. The van der Waals surface area contributed by atoms with Crippen LogP contribution in [0.25, 0.3) is 0 Å². The van der Waals surface area contributed by atoms with E-state index < -0.39 is 5.91 Å². The number of ether oxygens (including phenoxy) is 2. The maximum atomic E-state index is 12.7. The molecule has 36 heavy (non-hydrogen) atoms. The highest BCUT2D eigenvalue weighted by Gasteiger charge is 2.20. The van der Waals surface area contributed by atoms with Crippen LogP contribution < -0.4 is 20.1 Å². The monoisotopic (exact) mass is 489 g/mol. The molecule has 2 amide bonds. The average Bonchev–Trinajstić information content (AvgIpc) is 2.97. The van der Waals surface area contributed by atoms with Crippen LogP contribution in [0.2, 0.25) is 0 Å². The van der Waals surface area contributed by atoms with Gasteiger partial charge in [0.15, 0.2) is 0 Å². The first-order valence-corrected chi connectivity index (χ1v) is 11.3. The Morgan fingerprint density at radius 2 is 1.83 bits per heavy atom. The van der Waals surface area contributed by atoms with Crippen molar-refractivity contribution in [1.82, 2.24) is 4.98 Å². The molecular formula is C28H28FN3O4. The molecule has 2 N–H and O–H groups in total. The van der Waals surface area contributed by atoms with Gasteiger partial charge in [-0.15, -0.1) is 0 Å². The number of halogens is 1. The van der Waals surface area contributed by atoms with E-state index in [4.69, 9.17) is 15.2 Å². The van der Waals surface area contributed by atoms with E-state index in [1.54, 1.807) is 18.0 Å². The van der Waals surface area contributed by atoms with Crippen LogP contribution in [0.4, 0.5) is 10.1 Å². The Labute approximate surface area is 210 Å². The number of hydrogen-bond donors (Lipinski definition) is 1. The number of nitrogens with two attached hydrogens (primary N) is 1. The fourth-order valence-corrected chi connectivity index (χ4v) is 3.04. The van der Waals surface area contributed by atoms with Crippen molar-refractivity contribution >= 4 is 17.5 Å². The molecule has 0 saturated heterocycles. The van der Waals surface area contributed by atoms with Crippen molar-refractivity contribution < 1.29 is 23.5 Å². The summed E-state index contributed by atoms with van der Waals surface area (Å²) in [5, 5.41) is 0. The molecule has 2 aromatic carbocycles. The minimum absolute atomic E-state index is 0.0367. The summed E-state index contributed by atoms with van der Waals surface area (Å²) in [7, 11) is 1.77. The summed E-state index contributed by atoms with van der Waals surface area (Å²) in [4.78, 5) is 28.1. The van der Waals surface area contributed by atoms with Crippen molar-refractivity contribution in [2.45, 2.75) is 27.2 Å². The van der Waals surface area contributed by atoms with Crippen molar-refractivity contribution in [2.75, 3.05) is 18.6 Å². The summed E-state index contributed by atoms with van der Waals surface area (Å²) in [6.45, 7) is 6.65. The van der Waals surface area contributed by atoms with Gasteiger partial charge in [0, 0.05) is 30.3 Å². The number of aromatic nitrogens is 1. The van der Waals surface area contributed by atoms with Gasteiger partial charge in [0.2, 0.25) is 5.91 Å². The predicted octanol–water partition coefficient (Wildman–Crippen LogP) is 4.94. The number of primary amides is 1. The standard InChI is InChI=1S/C16H19NO2.C12H9FN2O2/c1-16(2,3)9-7-12-5-6-14-13(11-12)17(4)15(18)8-10-19-14;13-8-1-3-9(4-2-8)17-10-5-6-15-11(7-10)12(14)16/h5-6,11H,8,10H2,1-4H3;1-7H,(H2,14,16). The molecule has 0 unspecified atom stereocenters. The number of nitrogens with zero attached hydrogens (tertiary/aromatic N) is 2. The minimum atomic E-state index is -0.630. The summed E-state index contributed by atoms with van der Waals surface area (Å²) in [5.41, 5.74) is 6.86. The van der Waals surface area contributed by atoms with Gasteiger partial charge in [-0.1, -0.05) is 11.8 Å². The summed E-state index contributed by atoms with van der Waals surface area (Å²) in [5.74, 6) is 7.06. The van der Waals surface area contributed by atoms with Crippen LogP contribution in [-0.4, -0.2) is 30.5 Å². The lowest BCUT2D eigenvalue weighted by molar-refractivity contribution is -0.118. The number of amides is 2. The fourth-order valence-electron chi connectivity index (χ4n) is 3.04.